The molecule has 12 nitrogen and oxygen atoms in total. The fourth-order valence-electron chi connectivity index (χ4n) is 4.88. The first-order valence-corrected chi connectivity index (χ1v) is 19.0. The van der Waals surface area contributed by atoms with Gasteiger partial charge in [-0.1, -0.05) is 70.2 Å². The summed E-state index contributed by atoms with van der Waals surface area (Å²) in [4.78, 5) is 24.2. The molecule has 5 rings (SSSR count). The molecule has 0 aliphatic rings. The van der Waals surface area contributed by atoms with Gasteiger partial charge in [-0.3, -0.25) is 0 Å². The average molecular weight is 743 g/mol. The van der Waals surface area contributed by atoms with E-state index in [2.05, 4.69) is 49.0 Å². The van der Waals surface area contributed by atoms with E-state index < -0.39 is 42.1 Å². The van der Waals surface area contributed by atoms with Crippen LogP contribution in [0.4, 0.5) is 32.3 Å². The van der Waals surface area contributed by atoms with E-state index >= 15 is 0 Å². The number of urea groups is 2. The fraction of sp³-hybridized carbons (Fsp3) is 0.158. The van der Waals surface area contributed by atoms with Gasteiger partial charge in [-0.25, -0.2) is 9.59 Å². The van der Waals surface area contributed by atoms with Crippen molar-refractivity contribution in [2.45, 2.75) is 49.3 Å². The molecule has 0 aliphatic carbocycles. The van der Waals surface area contributed by atoms with E-state index in [1.54, 1.807) is 36.4 Å². The fourth-order valence-corrected chi connectivity index (χ4v) is 6.89. The predicted octanol–water partition coefficient (Wildman–Crippen LogP) is 8.76. The highest BCUT2D eigenvalue weighted by Gasteiger charge is 2.23. The molecule has 4 amide bonds. The van der Waals surface area contributed by atoms with E-state index in [1.165, 1.54) is 54.6 Å². The van der Waals surface area contributed by atoms with Crippen molar-refractivity contribution >= 4 is 55.0 Å². The molecule has 0 fully saturated rings. The number of rotatable bonds is 12. The predicted molar refractivity (Wildman–Crippen MR) is 201 cm³/mol. The van der Waals surface area contributed by atoms with Crippen molar-refractivity contribution in [1.29, 1.82) is 0 Å². The van der Waals surface area contributed by atoms with Crippen LogP contribution in [0.5, 0.6) is 11.5 Å². The average Bonchev–Trinajstić information content (AvgIpc) is 3.08. The van der Waals surface area contributed by atoms with Crippen molar-refractivity contribution in [2.75, 3.05) is 21.3 Å². The normalized spacial score (nSPS) is 11.5. The Labute approximate surface area is 303 Å². The van der Waals surface area contributed by atoms with E-state index in [9.17, 15) is 26.4 Å². The summed E-state index contributed by atoms with van der Waals surface area (Å²) in [5, 5.41) is 10.7. The number of anilines is 4. The highest BCUT2D eigenvalue weighted by Crippen LogP contribution is 2.27. The zero-order valence-corrected chi connectivity index (χ0v) is 30.4. The Morgan fingerprint density at radius 3 is 1.17 bits per heavy atom. The van der Waals surface area contributed by atoms with Crippen LogP contribution in [-0.2, 0) is 20.2 Å². The first-order chi connectivity index (χ1) is 24.7. The number of nitrogens with one attached hydrogen (secondary N) is 4. The minimum absolute atomic E-state index is 0.121. The van der Waals surface area contributed by atoms with Crippen molar-refractivity contribution in [3.8, 4) is 11.5 Å². The Morgan fingerprint density at radius 1 is 0.462 bits per heavy atom. The van der Waals surface area contributed by atoms with Gasteiger partial charge >= 0.3 is 32.3 Å². The molecule has 5 aromatic carbocycles. The number of hydrogen-bond acceptors (Lipinski definition) is 8. The van der Waals surface area contributed by atoms with Crippen molar-refractivity contribution < 1.29 is 34.8 Å². The third-order valence-corrected chi connectivity index (χ3v) is 10.1. The first-order valence-electron chi connectivity index (χ1n) is 16.2. The monoisotopic (exact) mass is 742 g/mol. The molecule has 4 N–H and O–H groups in total. The highest BCUT2D eigenvalue weighted by atomic mass is 32.2. The molecule has 270 valence electrons. The summed E-state index contributed by atoms with van der Waals surface area (Å²) in [5.74, 6) is 0.442. The first kappa shape index (κ1) is 37.4. The van der Waals surface area contributed by atoms with Gasteiger partial charge in [-0.15, -0.1) is 0 Å². The summed E-state index contributed by atoms with van der Waals surface area (Å²) in [6.07, 6.45) is 0. The zero-order chi connectivity index (χ0) is 37.5. The number of hydrogen-bond donors (Lipinski definition) is 4. The van der Waals surface area contributed by atoms with Crippen LogP contribution in [-0.4, -0.2) is 28.9 Å². The number of carbonyl (C=O) groups excluding carboxylic acids is 2. The second-order valence-corrected chi connectivity index (χ2v) is 15.4. The number of benzene rings is 5. The molecular weight excluding hydrogens is 705 g/mol. The van der Waals surface area contributed by atoms with Crippen LogP contribution < -0.4 is 29.6 Å². The Kier molecular flexibility index (Phi) is 11.5. The van der Waals surface area contributed by atoms with E-state index in [0.717, 1.165) is 17.2 Å². The van der Waals surface area contributed by atoms with Crippen molar-refractivity contribution in [3.63, 3.8) is 0 Å². The molecule has 5 aromatic rings. The Hall–Kier alpha value is -5.86. The molecule has 0 aliphatic heterocycles. The summed E-state index contributed by atoms with van der Waals surface area (Å²) in [7, 11) is -9.06. The number of amides is 4. The SMILES string of the molecule is CC(C)c1ccc(NC(=O)Nc2cccc(OS(=O)(=O)c3cccc(S(=O)(=O)Oc4cccc(NC(=O)Nc5ccc(C(C)C)cc5)c4)c3)c2)cc1. The molecule has 52 heavy (non-hydrogen) atoms. The van der Waals surface area contributed by atoms with Crippen molar-refractivity contribution in [3.05, 3.63) is 132 Å². The molecular formula is C38H38N4O8S2. The minimum Gasteiger partial charge on any atom is -0.379 e. The van der Waals surface area contributed by atoms with Crippen LogP contribution in [0.2, 0.25) is 0 Å². The lowest BCUT2D eigenvalue weighted by molar-refractivity contribution is 0.261. The summed E-state index contributed by atoms with van der Waals surface area (Å²) in [6, 6.07) is 29.6. The van der Waals surface area contributed by atoms with E-state index in [0.29, 0.717) is 23.2 Å². The third-order valence-electron chi connectivity index (χ3n) is 7.65. The molecule has 0 bridgehead atoms. The molecule has 0 unspecified atom stereocenters. The molecule has 0 aromatic heterocycles. The Morgan fingerprint density at radius 2 is 0.808 bits per heavy atom. The molecule has 0 saturated carbocycles. The Balaban J connectivity index is 1.21. The van der Waals surface area contributed by atoms with Gasteiger partial charge < -0.3 is 29.6 Å². The second kappa shape index (κ2) is 16.0. The summed E-state index contributed by atoms with van der Waals surface area (Å²) < 4.78 is 63.4. The van der Waals surface area contributed by atoms with Gasteiger partial charge in [0.1, 0.15) is 21.3 Å². The van der Waals surface area contributed by atoms with Gasteiger partial charge in [0.25, 0.3) is 0 Å². The molecule has 0 saturated heterocycles. The van der Waals surface area contributed by atoms with Crippen LogP contribution in [0.3, 0.4) is 0 Å². The molecule has 0 spiro atoms. The van der Waals surface area contributed by atoms with Gasteiger partial charge in [0.2, 0.25) is 0 Å². The quantitative estimate of drug-likeness (QED) is 0.0920. The minimum atomic E-state index is -4.53. The lowest BCUT2D eigenvalue weighted by Crippen LogP contribution is -2.19. The summed E-state index contributed by atoms with van der Waals surface area (Å²) in [5.41, 5.74) is 3.90. The van der Waals surface area contributed by atoms with Gasteiger partial charge in [0.15, 0.2) is 0 Å². The van der Waals surface area contributed by atoms with Crippen LogP contribution in [0.15, 0.2) is 131 Å². The maximum absolute atomic E-state index is 13.2. The van der Waals surface area contributed by atoms with Crippen molar-refractivity contribution in [2.24, 2.45) is 0 Å². The van der Waals surface area contributed by atoms with Gasteiger partial charge in [0, 0.05) is 34.9 Å². The van der Waals surface area contributed by atoms with E-state index in [1.807, 2.05) is 24.3 Å². The standard InChI is InChI=1S/C38H38N4O8S2/c1-25(2)27-14-18-29(19-15-27)39-37(43)41-31-8-5-10-33(22-31)49-51(45,46)35-12-7-13-36(24-35)52(47,48)50-34-11-6-9-32(23-34)42-38(44)40-30-20-16-28(17-21-30)26(3)4/h5-26H,1-4H3,(H2,39,41,43)(H2,40,42,44). The lowest BCUT2D eigenvalue weighted by atomic mass is 10.0. The molecule has 0 atom stereocenters. The second-order valence-electron chi connectivity index (χ2n) is 12.3. The maximum atomic E-state index is 13.2. The zero-order valence-electron chi connectivity index (χ0n) is 28.8. The van der Waals surface area contributed by atoms with Crippen LogP contribution >= 0.6 is 0 Å². The third kappa shape index (κ3) is 10.1. The summed E-state index contributed by atoms with van der Waals surface area (Å²) in [6.45, 7) is 8.26. The van der Waals surface area contributed by atoms with Crippen molar-refractivity contribution in [1.82, 2.24) is 0 Å². The van der Waals surface area contributed by atoms with E-state index in [4.69, 9.17) is 8.37 Å². The van der Waals surface area contributed by atoms with Crippen LogP contribution in [0.25, 0.3) is 0 Å². The van der Waals surface area contributed by atoms with Gasteiger partial charge in [0.05, 0.1) is 0 Å². The lowest BCUT2D eigenvalue weighted by Gasteiger charge is -2.12. The molecule has 0 heterocycles. The highest BCUT2D eigenvalue weighted by molar-refractivity contribution is 7.88. The molecule has 0 radical (unpaired) electrons. The van der Waals surface area contributed by atoms with Gasteiger partial charge in [-0.05, 0) is 89.7 Å². The summed E-state index contributed by atoms with van der Waals surface area (Å²) >= 11 is 0. The largest absolute Gasteiger partial charge is 0.379 e. The smallest absolute Gasteiger partial charge is 0.339 e. The van der Waals surface area contributed by atoms with Crippen LogP contribution in [0, 0.1) is 0 Å². The van der Waals surface area contributed by atoms with Crippen LogP contribution in [0.1, 0.15) is 50.7 Å². The number of carbonyl (C=O) groups is 2. The van der Waals surface area contributed by atoms with E-state index in [-0.39, 0.29) is 22.9 Å². The maximum Gasteiger partial charge on any atom is 0.339 e. The Bertz CT molecular complexity index is 2120. The van der Waals surface area contributed by atoms with Gasteiger partial charge in [-0.2, -0.15) is 16.8 Å². The topological polar surface area (TPSA) is 169 Å². The molecule has 14 heteroatoms.